The van der Waals surface area contributed by atoms with E-state index in [4.69, 9.17) is 0 Å². The first-order valence-electron chi connectivity index (χ1n) is 3.29. The lowest BCUT2D eigenvalue weighted by Crippen LogP contribution is -3.00. The Morgan fingerprint density at radius 1 is 1.50 bits per heavy atom. The van der Waals surface area contributed by atoms with Crippen LogP contribution in [-0.4, -0.2) is 6.47 Å². The minimum absolute atomic E-state index is 0. The van der Waals surface area contributed by atoms with E-state index < -0.39 is 0 Å². The smallest absolute Gasteiger partial charge is 0.293 e. The summed E-state index contributed by atoms with van der Waals surface area (Å²) >= 11 is 0. The van der Waals surface area contributed by atoms with Gasteiger partial charge in [0.1, 0.15) is 12.3 Å². The van der Waals surface area contributed by atoms with Crippen molar-refractivity contribution in [2.45, 2.75) is 6.61 Å². The van der Waals surface area contributed by atoms with Crippen LogP contribution < -0.4 is 18.1 Å². The van der Waals surface area contributed by atoms with Gasteiger partial charge in [-0.25, -0.2) is 0 Å². The molecule has 0 bridgehead atoms. The van der Waals surface area contributed by atoms with Gasteiger partial charge in [-0.2, -0.15) is 0 Å². The Bertz CT molecular complexity index is 253. The van der Waals surface area contributed by atoms with E-state index in [-0.39, 0.29) is 12.4 Å². The van der Waals surface area contributed by atoms with Crippen LogP contribution in [0.5, 0.6) is 0 Å². The molecule has 0 spiro atoms. The van der Waals surface area contributed by atoms with Crippen LogP contribution in [0.15, 0.2) is 24.3 Å². The standard InChI is InChI=1S/C8H9NO2.ClH/c9-8-3-1-2-7(4-8)5-11-6-10;/h1-4,6H,5,9H2;1H. The predicted molar refractivity (Wildman–Crippen MR) is 39.8 cm³/mol. The highest BCUT2D eigenvalue weighted by Gasteiger charge is 1.93. The fourth-order valence-corrected chi connectivity index (χ4v) is 0.850. The molecule has 3 nitrogen and oxygen atoms in total. The molecule has 0 amide bonds. The molecule has 0 heterocycles. The average Bonchev–Trinajstić information content (AvgIpc) is 2.01. The van der Waals surface area contributed by atoms with Gasteiger partial charge >= 0.3 is 0 Å². The maximum atomic E-state index is 9.83. The molecule has 1 rings (SSSR count). The van der Waals surface area contributed by atoms with Crippen LogP contribution in [0.2, 0.25) is 0 Å². The van der Waals surface area contributed by atoms with Gasteiger partial charge in [-0.15, -0.1) is 0 Å². The first-order chi connectivity index (χ1) is 5.33. The van der Waals surface area contributed by atoms with Crippen LogP contribution in [0.3, 0.4) is 0 Å². The van der Waals surface area contributed by atoms with Crippen LogP contribution in [0.1, 0.15) is 5.56 Å². The SMILES string of the molecule is [Cl-].[NH3+]c1cccc(COC=O)c1. The van der Waals surface area contributed by atoms with Crippen LogP contribution >= 0.6 is 0 Å². The molecule has 66 valence electrons. The maximum absolute atomic E-state index is 9.83. The van der Waals surface area contributed by atoms with E-state index in [2.05, 4.69) is 10.5 Å². The molecule has 0 aliphatic heterocycles. The van der Waals surface area contributed by atoms with E-state index in [0.29, 0.717) is 13.1 Å². The first-order valence-corrected chi connectivity index (χ1v) is 3.29. The van der Waals surface area contributed by atoms with Crippen molar-refractivity contribution in [2.75, 3.05) is 0 Å². The number of hydrogen-bond acceptors (Lipinski definition) is 2. The number of carbonyl (C=O) groups excluding carboxylic acids is 1. The molecular weight excluding hydrogens is 178 g/mol. The summed E-state index contributed by atoms with van der Waals surface area (Å²) in [7, 11) is 0. The molecule has 0 atom stereocenters. The van der Waals surface area contributed by atoms with Crippen molar-refractivity contribution in [3.63, 3.8) is 0 Å². The number of carbonyl (C=O) groups is 1. The Morgan fingerprint density at radius 3 is 2.83 bits per heavy atom. The molecule has 1 aromatic rings. The Balaban J connectivity index is 0.00000121. The summed E-state index contributed by atoms with van der Waals surface area (Å²) < 4.78 is 4.57. The normalized spacial score (nSPS) is 8.42. The predicted octanol–water partition coefficient (Wildman–Crippen LogP) is -2.76. The number of benzene rings is 1. The topological polar surface area (TPSA) is 53.9 Å². The number of quaternary nitrogens is 1. The fourth-order valence-electron chi connectivity index (χ4n) is 0.850. The van der Waals surface area contributed by atoms with Crippen LogP contribution in [0.4, 0.5) is 5.69 Å². The van der Waals surface area contributed by atoms with E-state index in [1.54, 1.807) is 0 Å². The monoisotopic (exact) mass is 187 g/mol. The molecule has 3 N–H and O–H groups in total. The number of ether oxygens (including phenoxy) is 1. The van der Waals surface area contributed by atoms with Crippen molar-refractivity contribution < 1.29 is 27.7 Å². The molecule has 12 heavy (non-hydrogen) atoms. The van der Waals surface area contributed by atoms with Crippen LogP contribution in [0.25, 0.3) is 0 Å². The lowest BCUT2D eigenvalue weighted by Gasteiger charge is -1.97. The number of halogens is 1. The lowest BCUT2D eigenvalue weighted by molar-refractivity contribution is -0.254. The largest absolute Gasteiger partial charge is 1.00 e. The Labute approximate surface area is 76.9 Å². The Morgan fingerprint density at radius 2 is 2.25 bits per heavy atom. The summed E-state index contributed by atoms with van der Waals surface area (Å²) in [6.07, 6.45) is 0. The zero-order chi connectivity index (χ0) is 8.10. The minimum Gasteiger partial charge on any atom is -1.00 e. The first kappa shape index (κ1) is 10.9. The molecule has 0 fully saturated rings. The minimum atomic E-state index is 0. The van der Waals surface area contributed by atoms with Gasteiger partial charge in [-0.05, 0) is 11.6 Å². The van der Waals surface area contributed by atoms with Crippen molar-refractivity contribution in [3.05, 3.63) is 29.8 Å². The molecule has 0 unspecified atom stereocenters. The summed E-state index contributed by atoms with van der Waals surface area (Å²) in [4.78, 5) is 9.83. The van der Waals surface area contributed by atoms with Gasteiger partial charge in [0.15, 0.2) is 0 Å². The van der Waals surface area contributed by atoms with Gasteiger partial charge in [0.2, 0.25) is 0 Å². The molecule has 1 aromatic carbocycles. The van der Waals surface area contributed by atoms with E-state index in [0.717, 1.165) is 11.3 Å². The van der Waals surface area contributed by atoms with Crippen LogP contribution in [0, 0.1) is 0 Å². The second-order valence-electron chi connectivity index (χ2n) is 2.23. The van der Waals surface area contributed by atoms with E-state index >= 15 is 0 Å². The summed E-state index contributed by atoms with van der Waals surface area (Å²) in [5.41, 5.74) is 5.64. The maximum Gasteiger partial charge on any atom is 0.293 e. The number of hydrogen-bond donors (Lipinski definition) is 1. The summed E-state index contributed by atoms with van der Waals surface area (Å²) in [5, 5.41) is 0. The van der Waals surface area contributed by atoms with Gasteiger partial charge in [0, 0.05) is 6.07 Å². The highest BCUT2D eigenvalue weighted by molar-refractivity contribution is 5.38. The highest BCUT2D eigenvalue weighted by Crippen LogP contribution is 2.05. The molecular formula is C8H10ClNO2. The van der Waals surface area contributed by atoms with Crippen molar-refractivity contribution >= 4 is 12.2 Å². The molecule has 0 aliphatic rings. The summed E-state index contributed by atoms with van der Waals surface area (Å²) in [6, 6.07) is 7.54. The van der Waals surface area contributed by atoms with E-state index in [9.17, 15) is 4.79 Å². The lowest BCUT2D eigenvalue weighted by atomic mass is 10.2. The van der Waals surface area contributed by atoms with Gasteiger partial charge in [0.05, 0.1) is 0 Å². The van der Waals surface area contributed by atoms with Crippen molar-refractivity contribution in [2.24, 2.45) is 0 Å². The van der Waals surface area contributed by atoms with Crippen molar-refractivity contribution in [3.8, 4) is 0 Å². The third kappa shape index (κ3) is 3.37. The molecule has 0 saturated carbocycles. The molecule has 4 heteroatoms. The summed E-state index contributed by atoms with van der Waals surface area (Å²) in [6.45, 7) is 0.766. The third-order valence-corrected chi connectivity index (χ3v) is 1.31. The molecule has 0 aromatic heterocycles. The van der Waals surface area contributed by atoms with Gasteiger partial charge in [-0.1, -0.05) is 12.1 Å². The fraction of sp³-hybridized carbons (Fsp3) is 0.125. The zero-order valence-corrected chi connectivity index (χ0v) is 7.25. The number of rotatable bonds is 3. The van der Waals surface area contributed by atoms with Gasteiger partial charge in [0.25, 0.3) is 6.47 Å². The Kier molecular flexibility index (Phi) is 5.08. The summed E-state index contributed by atoms with van der Waals surface area (Å²) in [5.74, 6) is 0. The second kappa shape index (κ2) is 5.57. The second-order valence-corrected chi connectivity index (χ2v) is 2.23. The van der Waals surface area contributed by atoms with E-state index in [1.165, 1.54) is 0 Å². The third-order valence-electron chi connectivity index (χ3n) is 1.31. The molecule has 0 radical (unpaired) electrons. The average molecular weight is 188 g/mol. The van der Waals surface area contributed by atoms with Crippen molar-refractivity contribution in [1.82, 2.24) is 0 Å². The van der Waals surface area contributed by atoms with Crippen LogP contribution in [-0.2, 0) is 16.1 Å². The molecule has 0 saturated heterocycles. The molecule has 0 aliphatic carbocycles. The van der Waals surface area contributed by atoms with Crippen molar-refractivity contribution in [1.29, 1.82) is 0 Å². The Hall–Kier alpha value is -1.06. The highest BCUT2D eigenvalue weighted by atomic mass is 35.5. The van der Waals surface area contributed by atoms with Gasteiger partial charge < -0.3 is 22.9 Å². The van der Waals surface area contributed by atoms with E-state index in [1.807, 2.05) is 24.3 Å². The zero-order valence-electron chi connectivity index (χ0n) is 6.50. The quantitative estimate of drug-likeness (QED) is 0.522. The van der Waals surface area contributed by atoms with Gasteiger partial charge in [-0.3, -0.25) is 4.79 Å².